The van der Waals surface area contributed by atoms with Crippen LogP contribution in [0.15, 0.2) is 35.7 Å². The first kappa shape index (κ1) is 20.4. The summed E-state index contributed by atoms with van der Waals surface area (Å²) in [6.07, 6.45) is 0.647. The van der Waals surface area contributed by atoms with Crippen molar-refractivity contribution in [1.82, 2.24) is 10.6 Å². The molecular weight excluding hydrogens is 368 g/mol. The van der Waals surface area contributed by atoms with E-state index in [0.717, 1.165) is 10.4 Å². The van der Waals surface area contributed by atoms with Crippen LogP contribution in [-0.2, 0) is 16.0 Å². The molecule has 1 atom stereocenters. The number of carbonyl (C=O) groups excluding carboxylic acids is 2. The standard InChI is InChI=1S/C19H22N2O5S/c1-12(22)21-15(17-4-3-9-27-17)11-18(23)20-8-7-13-5-6-14(19(24)25)10-16(13)26-2/h3-6,9-10,15H,7-8,11H2,1-2H3,(H,20,23)(H,21,22)(H,24,25). The molecule has 8 heteroatoms. The summed E-state index contributed by atoms with van der Waals surface area (Å²) >= 11 is 1.49. The third kappa shape index (κ3) is 6.10. The van der Waals surface area contributed by atoms with E-state index >= 15 is 0 Å². The number of rotatable bonds is 9. The van der Waals surface area contributed by atoms with E-state index in [2.05, 4.69) is 10.6 Å². The van der Waals surface area contributed by atoms with Crippen molar-refractivity contribution >= 4 is 29.1 Å². The zero-order chi connectivity index (χ0) is 19.8. The smallest absolute Gasteiger partial charge is 0.335 e. The van der Waals surface area contributed by atoms with Crippen LogP contribution in [0.5, 0.6) is 5.75 Å². The van der Waals surface area contributed by atoms with Crippen LogP contribution >= 0.6 is 11.3 Å². The summed E-state index contributed by atoms with van der Waals surface area (Å²) in [7, 11) is 1.47. The van der Waals surface area contributed by atoms with Crippen LogP contribution in [0.4, 0.5) is 0 Å². The van der Waals surface area contributed by atoms with Crippen molar-refractivity contribution in [3.05, 3.63) is 51.7 Å². The average molecular weight is 390 g/mol. The SMILES string of the molecule is COc1cc(C(=O)O)ccc1CCNC(=O)CC(NC(C)=O)c1cccs1. The van der Waals surface area contributed by atoms with Gasteiger partial charge < -0.3 is 20.5 Å². The Hall–Kier alpha value is -2.87. The second kappa shape index (κ2) is 9.72. The van der Waals surface area contributed by atoms with Crippen LogP contribution in [0.2, 0.25) is 0 Å². The number of hydrogen-bond donors (Lipinski definition) is 3. The van der Waals surface area contributed by atoms with Gasteiger partial charge in [0, 0.05) is 18.3 Å². The molecule has 0 aliphatic heterocycles. The predicted molar refractivity (Wildman–Crippen MR) is 102 cm³/mol. The maximum Gasteiger partial charge on any atom is 0.335 e. The van der Waals surface area contributed by atoms with Gasteiger partial charge in [-0.2, -0.15) is 0 Å². The molecule has 2 aromatic rings. The van der Waals surface area contributed by atoms with Gasteiger partial charge in [-0.3, -0.25) is 9.59 Å². The number of thiophene rings is 1. The van der Waals surface area contributed by atoms with E-state index in [0.29, 0.717) is 18.7 Å². The quantitative estimate of drug-likeness (QED) is 0.610. The van der Waals surface area contributed by atoms with Gasteiger partial charge in [-0.05, 0) is 35.6 Å². The molecule has 144 valence electrons. The fourth-order valence-electron chi connectivity index (χ4n) is 2.64. The van der Waals surface area contributed by atoms with Gasteiger partial charge in [-0.25, -0.2) is 4.79 Å². The first-order valence-corrected chi connectivity index (χ1v) is 9.26. The molecular formula is C19H22N2O5S. The molecule has 0 radical (unpaired) electrons. The Bertz CT molecular complexity index is 804. The number of carboxylic acids is 1. The highest BCUT2D eigenvalue weighted by Crippen LogP contribution is 2.22. The van der Waals surface area contributed by atoms with E-state index in [1.165, 1.54) is 37.5 Å². The molecule has 2 amide bonds. The molecule has 7 nitrogen and oxygen atoms in total. The molecule has 0 spiro atoms. The number of nitrogens with one attached hydrogen (secondary N) is 2. The number of benzene rings is 1. The van der Waals surface area contributed by atoms with Crippen molar-refractivity contribution < 1.29 is 24.2 Å². The Labute approximate surface area is 161 Å². The van der Waals surface area contributed by atoms with E-state index < -0.39 is 5.97 Å². The minimum Gasteiger partial charge on any atom is -0.496 e. The van der Waals surface area contributed by atoms with Crippen molar-refractivity contribution in [2.45, 2.75) is 25.8 Å². The van der Waals surface area contributed by atoms with Crippen molar-refractivity contribution in [3.63, 3.8) is 0 Å². The lowest BCUT2D eigenvalue weighted by Crippen LogP contribution is -2.33. The first-order valence-electron chi connectivity index (χ1n) is 8.38. The molecule has 1 aromatic heterocycles. The van der Waals surface area contributed by atoms with Gasteiger partial charge in [-0.1, -0.05) is 12.1 Å². The first-order chi connectivity index (χ1) is 12.9. The summed E-state index contributed by atoms with van der Waals surface area (Å²) in [4.78, 5) is 35.6. The molecule has 3 N–H and O–H groups in total. The van der Waals surface area contributed by atoms with Gasteiger partial charge in [0.25, 0.3) is 0 Å². The highest BCUT2D eigenvalue weighted by Gasteiger charge is 2.18. The summed E-state index contributed by atoms with van der Waals surface area (Å²) in [5.41, 5.74) is 0.952. The van der Waals surface area contributed by atoms with Crippen molar-refractivity contribution in [2.75, 3.05) is 13.7 Å². The molecule has 27 heavy (non-hydrogen) atoms. The third-order valence-electron chi connectivity index (χ3n) is 3.90. The zero-order valence-electron chi connectivity index (χ0n) is 15.2. The number of aromatic carboxylic acids is 1. The Morgan fingerprint density at radius 2 is 2.04 bits per heavy atom. The molecule has 1 aromatic carbocycles. The lowest BCUT2D eigenvalue weighted by molar-refractivity contribution is -0.122. The van der Waals surface area contributed by atoms with Gasteiger partial charge in [-0.15, -0.1) is 11.3 Å². The molecule has 0 saturated heterocycles. The average Bonchev–Trinajstić information content (AvgIpc) is 3.15. The highest BCUT2D eigenvalue weighted by molar-refractivity contribution is 7.10. The minimum absolute atomic E-state index is 0.147. The van der Waals surface area contributed by atoms with E-state index in [1.54, 1.807) is 6.07 Å². The zero-order valence-corrected chi connectivity index (χ0v) is 16.0. The number of carbonyl (C=O) groups is 3. The topological polar surface area (TPSA) is 105 Å². The van der Waals surface area contributed by atoms with Crippen LogP contribution in [0.25, 0.3) is 0 Å². The van der Waals surface area contributed by atoms with E-state index in [1.807, 2.05) is 17.5 Å². The Morgan fingerprint density at radius 1 is 1.26 bits per heavy atom. The highest BCUT2D eigenvalue weighted by atomic mass is 32.1. The molecule has 0 saturated carbocycles. The van der Waals surface area contributed by atoms with E-state index in [9.17, 15) is 14.4 Å². The second-order valence-electron chi connectivity index (χ2n) is 5.90. The number of methoxy groups -OCH3 is 1. The monoisotopic (exact) mass is 390 g/mol. The lowest BCUT2D eigenvalue weighted by Gasteiger charge is -2.16. The normalized spacial score (nSPS) is 11.5. The second-order valence-corrected chi connectivity index (χ2v) is 6.88. The van der Waals surface area contributed by atoms with Crippen molar-refractivity contribution in [1.29, 1.82) is 0 Å². The largest absolute Gasteiger partial charge is 0.496 e. The molecule has 1 unspecified atom stereocenters. The molecule has 0 bridgehead atoms. The van der Waals surface area contributed by atoms with E-state index in [4.69, 9.17) is 9.84 Å². The summed E-state index contributed by atoms with van der Waals surface area (Å²) < 4.78 is 5.23. The minimum atomic E-state index is -1.02. The molecule has 1 heterocycles. The summed E-state index contributed by atoms with van der Waals surface area (Å²) in [6.45, 7) is 1.80. The Morgan fingerprint density at radius 3 is 2.63 bits per heavy atom. The molecule has 0 aliphatic carbocycles. The van der Waals surface area contributed by atoms with Gasteiger partial charge >= 0.3 is 5.97 Å². The lowest BCUT2D eigenvalue weighted by atomic mass is 10.1. The van der Waals surface area contributed by atoms with Crippen LogP contribution in [0, 0.1) is 0 Å². The van der Waals surface area contributed by atoms with Gasteiger partial charge in [0.1, 0.15) is 5.75 Å². The van der Waals surface area contributed by atoms with Gasteiger partial charge in [0.2, 0.25) is 11.8 Å². The Kier molecular flexibility index (Phi) is 7.36. The van der Waals surface area contributed by atoms with Crippen molar-refractivity contribution in [3.8, 4) is 5.75 Å². The molecule has 2 rings (SSSR count). The number of amides is 2. The number of hydrogen-bond acceptors (Lipinski definition) is 5. The molecule has 0 fully saturated rings. The number of carboxylic acid groups (broad SMARTS) is 1. The van der Waals surface area contributed by atoms with Crippen LogP contribution in [0.3, 0.4) is 0 Å². The summed E-state index contributed by atoms with van der Waals surface area (Å²) in [5.74, 6) is -0.919. The Balaban J connectivity index is 1.91. The van der Waals surface area contributed by atoms with Crippen LogP contribution in [-0.4, -0.2) is 36.5 Å². The molecule has 0 aliphatic rings. The summed E-state index contributed by atoms with van der Waals surface area (Å²) in [6, 6.07) is 8.05. The number of ether oxygens (including phenoxy) is 1. The predicted octanol–water partition coefficient (Wildman–Crippen LogP) is 2.38. The third-order valence-corrected chi connectivity index (χ3v) is 4.89. The van der Waals surface area contributed by atoms with Gasteiger partial charge in [0.05, 0.1) is 25.1 Å². The van der Waals surface area contributed by atoms with E-state index in [-0.39, 0.29) is 29.8 Å². The van der Waals surface area contributed by atoms with Crippen molar-refractivity contribution in [2.24, 2.45) is 0 Å². The summed E-state index contributed by atoms with van der Waals surface area (Å²) in [5, 5.41) is 16.5. The fraction of sp³-hybridized carbons (Fsp3) is 0.316. The maximum absolute atomic E-state index is 12.3. The maximum atomic E-state index is 12.3. The van der Waals surface area contributed by atoms with Crippen LogP contribution < -0.4 is 15.4 Å². The van der Waals surface area contributed by atoms with Gasteiger partial charge in [0.15, 0.2) is 0 Å². The fourth-order valence-corrected chi connectivity index (χ4v) is 3.41. The van der Waals surface area contributed by atoms with Crippen LogP contribution in [0.1, 0.15) is 40.2 Å².